The number of hydrogen-bond acceptors (Lipinski definition) is 3. The van der Waals surface area contributed by atoms with E-state index in [0.29, 0.717) is 0 Å². The SMILES string of the molecule is C=C(/C=C1/C2=C(CCC=C2)OC1N)Nc1cccc(-c2cc3ccccc3c3ccccc23)c1. The number of benzene rings is 4. The Bertz CT molecular complexity index is 1540. The quantitative estimate of drug-likeness (QED) is 0.323. The summed E-state index contributed by atoms with van der Waals surface area (Å²) in [4.78, 5) is 0. The Morgan fingerprint density at radius 3 is 2.62 bits per heavy atom. The lowest BCUT2D eigenvalue weighted by atomic mass is 9.93. The van der Waals surface area contributed by atoms with E-state index in [-0.39, 0.29) is 0 Å². The van der Waals surface area contributed by atoms with Gasteiger partial charge >= 0.3 is 0 Å². The van der Waals surface area contributed by atoms with Gasteiger partial charge in [0.2, 0.25) is 0 Å². The minimum absolute atomic E-state index is 0.443. The molecule has 34 heavy (non-hydrogen) atoms. The third-order valence-corrected chi connectivity index (χ3v) is 6.59. The smallest absolute Gasteiger partial charge is 0.174 e. The average molecular weight is 443 g/mol. The van der Waals surface area contributed by atoms with E-state index in [4.69, 9.17) is 10.5 Å². The van der Waals surface area contributed by atoms with Crippen molar-refractivity contribution in [1.82, 2.24) is 0 Å². The number of hydrogen-bond donors (Lipinski definition) is 2. The van der Waals surface area contributed by atoms with Crippen molar-refractivity contribution in [2.75, 3.05) is 5.32 Å². The maximum Gasteiger partial charge on any atom is 0.174 e. The van der Waals surface area contributed by atoms with Crippen LogP contribution in [0.1, 0.15) is 12.8 Å². The maximum absolute atomic E-state index is 6.24. The molecule has 4 aromatic rings. The molecule has 0 saturated heterocycles. The molecular formula is C31H26N2O. The first-order valence-corrected chi connectivity index (χ1v) is 11.7. The van der Waals surface area contributed by atoms with E-state index < -0.39 is 6.23 Å². The summed E-state index contributed by atoms with van der Waals surface area (Å²) in [5.41, 5.74) is 12.5. The Morgan fingerprint density at radius 2 is 1.74 bits per heavy atom. The summed E-state index contributed by atoms with van der Waals surface area (Å²) >= 11 is 0. The van der Waals surface area contributed by atoms with Crippen molar-refractivity contribution >= 4 is 27.2 Å². The zero-order chi connectivity index (χ0) is 23.1. The first-order valence-electron chi connectivity index (χ1n) is 11.7. The van der Waals surface area contributed by atoms with Gasteiger partial charge in [-0.3, -0.25) is 5.73 Å². The van der Waals surface area contributed by atoms with Crippen LogP contribution in [-0.4, -0.2) is 6.23 Å². The van der Waals surface area contributed by atoms with Gasteiger partial charge in [-0.25, -0.2) is 0 Å². The fourth-order valence-corrected chi connectivity index (χ4v) is 5.02. The summed E-state index contributed by atoms with van der Waals surface area (Å²) in [5, 5.41) is 8.48. The van der Waals surface area contributed by atoms with Gasteiger partial charge in [0, 0.05) is 29.0 Å². The van der Waals surface area contributed by atoms with Crippen LogP contribution in [0.4, 0.5) is 5.69 Å². The number of ether oxygens (including phenoxy) is 1. The molecule has 1 aliphatic heterocycles. The summed E-state index contributed by atoms with van der Waals surface area (Å²) in [6.45, 7) is 4.23. The highest BCUT2D eigenvalue weighted by atomic mass is 16.5. The van der Waals surface area contributed by atoms with E-state index in [1.165, 1.54) is 27.1 Å². The molecule has 4 aromatic carbocycles. The third-order valence-electron chi connectivity index (χ3n) is 6.59. The fraction of sp³-hybridized carbons (Fsp3) is 0.0968. The molecule has 2 aliphatic rings. The van der Waals surface area contributed by atoms with Crippen molar-refractivity contribution in [2.24, 2.45) is 5.73 Å². The molecule has 1 aliphatic carbocycles. The van der Waals surface area contributed by atoms with E-state index >= 15 is 0 Å². The molecule has 0 aromatic heterocycles. The van der Waals surface area contributed by atoms with E-state index in [2.05, 4.69) is 103 Å². The molecule has 0 radical (unpaired) electrons. The lowest BCUT2D eigenvalue weighted by Crippen LogP contribution is -2.21. The van der Waals surface area contributed by atoms with Gasteiger partial charge in [0.05, 0.1) is 0 Å². The molecule has 1 unspecified atom stereocenters. The molecule has 0 spiro atoms. The molecule has 166 valence electrons. The number of nitrogens with two attached hydrogens (primary N) is 1. The molecule has 1 atom stereocenters. The minimum atomic E-state index is -0.443. The van der Waals surface area contributed by atoms with E-state index in [1.807, 2.05) is 6.08 Å². The summed E-state index contributed by atoms with van der Waals surface area (Å²) in [6, 6.07) is 27.9. The van der Waals surface area contributed by atoms with Gasteiger partial charge in [-0.15, -0.1) is 0 Å². The molecule has 3 N–H and O–H groups in total. The molecule has 0 bridgehead atoms. The Balaban J connectivity index is 1.35. The second kappa shape index (κ2) is 8.36. The van der Waals surface area contributed by atoms with Crippen LogP contribution < -0.4 is 11.1 Å². The Morgan fingerprint density at radius 1 is 0.941 bits per heavy atom. The summed E-state index contributed by atoms with van der Waals surface area (Å²) in [5.74, 6) is 0.985. The predicted molar refractivity (Wildman–Crippen MR) is 142 cm³/mol. The van der Waals surface area contributed by atoms with Crippen molar-refractivity contribution in [3.8, 4) is 11.1 Å². The van der Waals surface area contributed by atoms with Crippen LogP contribution in [-0.2, 0) is 4.74 Å². The van der Waals surface area contributed by atoms with Crippen molar-refractivity contribution < 1.29 is 4.74 Å². The van der Waals surface area contributed by atoms with Crippen molar-refractivity contribution in [3.05, 3.63) is 126 Å². The molecular weight excluding hydrogens is 416 g/mol. The van der Waals surface area contributed by atoms with Gasteiger partial charge in [-0.2, -0.15) is 0 Å². The zero-order valence-electron chi connectivity index (χ0n) is 18.9. The molecule has 0 saturated carbocycles. The van der Waals surface area contributed by atoms with Gasteiger partial charge < -0.3 is 10.1 Å². The first kappa shape index (κ1) is 20.5. The lowest BCUT2D eigenvalue weighted by Gasteiger charge is -2.14. The molecule has 6 rings (SSSR count). The van der Waals surface area contributed by atoms with E-state index in [0.717, 1.165) is 46.7 Å². The van der Waals surface area contributed by atoms with Gasteiger partial charge in [0.25, 0.3) is 0 Å². The number of fused-ring (bicyclic) bond motifs is 3. The highest BCUT2D eigenvalue weighted by Crippen LogP contribution is 2.37. The number of rotatable bonds is 4. The fourth-order valence-electron chi connectivity index (χ4n) is 5.02. The summed E-state index contributed by atoms with van der Waals surface area (Å²) in [7, 11) is 0. The minimum Gasteiger partial charge on any atom is -0.475 e. The Labute approximate surface area is 199 Å². The highest BCUT2D eigenvalue weighted by molar-refractivity contribution is 6.13. The first-order chi connectivity index (χ1) is 16.7. The molecule has 3 heteroatoms. The average Bonchev–Trinajstić information content (AvgIpc) is 3.18. The topological polar surface area (TPSA) is 47.3 Å². The van der Waals surface area contributed by atoms with Crippen molar-refractivity contribution in [2.45, 2.75) is 19.1 Å². The second-order valence-corrected chi connectivity index (χ2v) is 8.84. The normalized spacial score (nSPS) is 18.4. The predicted octanol–water partition coefficient (Wildman–Crippen LogP) is 7.43. The van der Waals surface area contributed by atoms with Crippen LogP contribution in [0.2, 0.25) is 0 Å². The van der Waals surface area contributed by atoms with Crippen LogP contribution in [0.3, 0.4) is 0 Å². The molecule has 3 nitrogen and oxygen atoms in total. The van der Waals surface area contributed by atoms with Gasteiger partial charge in [-0.05, 0) is 63.4 Å². The third kappa shape index (κ3) is 3.60. The molecule has 0 fully saturated rings. The zero-order valence-corrected chi connectivity index (χ0v) is 18.9. The van der Waals surface area contributed by atoms with E-state index in [9.17, 15) is 0 Å². The standard InChI is InChI=1S/C31H26N2O/c1-20(17-29-27-15-6-7-16-30(27)34-31(29)32)33-23-11-8-10-21(18-23)28-19-22-9-2-3-12-24(22)25-13-4-5-14-26(25)28/h2-6,8-15,17-19,31,33H,1,7,16,32H2/b29-17-. The monoisotopic (exact) mass is 442 g/mol. The lowest BCUT2D eigenvalue weighted by molar-refractivity contribution is 0.164. The van der Waals surface area contributed by atoms with E-state index in [1.54, 1.807) is 0 Å². The maximum atomic E-state index is 6.24. The van der Waals surface area contributed by atoms with Crippen LogP contribution in [0.5, 0.6) is 0 Å². The van der Waals surface area contributed by atoms with Gasteiger partial charge in [-0.1, -0.05) is 79.4 Å². The number of anilines is 1. The van der Waals surface area contributed by atoms with Crippen molar-refractivity contribution in [3.63, 3.8) is 0 Å². The van der Waals surface area contributed by atoms with Crippen molar-refractivity contribution in [1.29, 1.82) is 0 Å². The number of allylic oxidation sites excluding steroid dienone is 4. The summed E-state index contributed by atoms with van der Waals surface area (Å²) in [6.07, 6.45) is 7.73. The van der Waals surface area contributed by atoms with Gasteiger partial charge in [0.15, 0.2) is 6.23 Å². The van der Waals surface area contributed by atoms with Crippen LogP contribution >= 0.6 is 0 Å². The van der Waals surface area contributed by atoms with Crippen LogP contribution in [0.15, 0.2) is 126 Å². The Kier molecular flexibility index (Phi) is 5.05. The molecule has 0 amide bonds. The van der Waals surface area contributed by atoms with Crippen LogP contribution in [0.25, 0.3) is 32.7 Å². The largest absolute Gasteiger partial charge is 0.475 e. The van der Waals surface area contributed by atoms with Crippen LogP contribution in [0, 0.1) is 0 Å². The summed E-state index contributed by atoms with van der Waals surface area (Å²) < 4.78 is 5.85. The second-order valence-electron chi connectivity index (χ2n) is 8.84. The Hall–Kier alpha value is -4.08. The molecule has 1 heterocycles. The van der Waals surface area contributed by atoms with Gasteiger partial charge in [0.1, 0.15) is 5.76 Å². The number of nitrogens with one attached hydrogen (secondary N) is 1. The highest BCUT2D eigenvalue weighted by Gasteiger charge is 2.28.